The lowest BCUT2D eigenvalue weighted by molar-refractivity contribution is -0.121. The van der Waals surface area contributed by atoms with Gasteiger partial charge >= 0.3 is 0 Å². The number of ether oxygens (including phenoxy) is 1. The number of piperidine rings is 1. The Kier molecular flexibility index (Phi) is 6.60. The quantitative estimate of drug-likeness (QED) is 0.743. The SMILES string of the molecule is C=CCOc1cccc(NC(=O)C2CCCN(Cc3ccccc3F)C2)c1. The van der Waals surface area contributed by atoms with Crippen LogP contribution >= 0.6 is 0 Å². The molecule has 1 N–H and O–H groups in total. The lowest BCUT2D eigenvalue weighted by Gasteiger charge is -2.32. The molecule has 1 fully saturated rings. The molecule has 1 atom stereocenters. The molecule has 0 aromatic heterocycles. The summed E-state index contributed by atoms with van der Waals surface area (Å²) >= 11 is 0. The molecule has 1 unspecified atom stereocenters. The molecular weight excluding hydrogens is 343 g/mol. The molecule has 3 rings (SSSR count). The van der Waals surface area contributed by atoms with Crippen LogP contribution in [0.1, 0.15) is 18.4 Å². The monoisotopic (exact) mass is 368 g/mol. The number of hydrogen-bond donors (Lipinski definition) is 1. The number of nitrogens with zero attached hydrogens (tertiary/aromatic N) is 1. The van der Waals surface area contributed by atoms with Gasteiger partial charge in [-0.05, 0) is 37.6 Å². The van der Waals surface area contributed by atoms with E-state index in [1.54, 1.807) is 24.3 Å². The summed E-state index contributed by atoms with van der Waals surface area (Å²) < 4.78 is 19.4. The van der Waals surface area contributed by atoms with Gasteiger partial charge in [-0.2, -0.15) is 0 Å². The summed E-state index contributed by atoms with van der Waals surface area (Å²) in [4.78, 5) is 14.8. The van der Waals surface area contributed by atoms with Crippen molar-refractivity contribution in [2.24, 2.45) is 5.92 Å². The second-order valence-corrected chi connectivity index (χ2v) is 6.78. The number of benzene rings is 2. The molecular formula is C22H25FN2O2. The van der Waals surface area contributed by atoms with Gasteiger partial charge in [-0.25, -0.2) is 4.39 Å². The summed E-state index contributed by atoms with van der Waals surface area (Å²) in [6.07, 6.45) is 3.44. The van der Waals surface area contributed by atoms with Crippen LogP contribution in [0.3, 0.4) is 0 Å². The van der Waals surface area contributed by atoms with Crippen molar-refractivity contribution >= 4 is 11.6 Å². The lowest BCUT2D eigenvalue weighted by Crippen LogP contribution is -2.40. The van der Waals surface area contributed by atoms with Crippen molar-refractivity contribution in [2.45, 2.75) is 19.4 Å². The van der Waals surface area contributed by atoms with Gasteiger partial charge in [0.15, 0.2) is 0 Å². The number of amides is 1. The highest BCUT2D eigenvalue weighted by molar-refractivity contribution is 5.92. The van der Waals surface area contributed by atoms with E-state index in [-0.39, 0.29) is 17.6 Å². The molecule has 142 valence electrons. The molecule has 1 amide bonds. The predicted molar refractivity (Wildman–Crippen MR) is 105 cm³/mol. The van der Waals surface area contributed by atoms with E-state index in [9.17, 15) is 9.18 Å². The molecule has 1 heterocycles. The topological polar surface area (TPSA) is 41.6 Å². The molecule has 4 nitrogen and oxygen atoms in total. The summed E-state index contributed by atoms with van der Waals surface area (Å²) in [5.74, 6) is 0.385. The number of nitrogens with one attached hydrogen (secondary N) is 1. The zero-order valence-corrected chi connectivity index (χ0v) is 15.4. The van der Waals surface area contributed by atoms with Gasteiger partial charge in [-0.1, -0.05) is 36.9 Å². The molecule has 1 aliphatic heterocycles. The second kappa shape index (κ2) is 9.33. The van der Waals surface area contributed by atoms with Gasteiger partial charge in [0, 0.05) is 30.4 Å². The Labute approximate surface area is 159 Å². The fourth-order valence-electron chi connectivity index (χ4n) is 3.34. The molecule has 0 saturated carbocycles. The molecule has 2 aromatic carbocycles. The molecule has 1 saturated heterocycles. The Morgan fingerprint density at radius 1 is 1.30 bits per heavy atom. The van der Waals surface area contributed by atoms with Crippen LogP contribution in [0.15, 0.2) is 61.2 Å². The first-order chi connectivity index (χ1) is 13.2. The van der Waals surface area contributed by atoms with Crippen molar-refractivity contribution < 1.29 is 13.9 Å². The maximum atomic E-state index is 13.9. The number of hydrogen-bond acceptors (Lipinski definition) is 3. The standard InChI is InChI=1S/C22H25FN2O2/c1-2-13-27-20-10-5-9-19(14-20)24-22(26)18-8-6-12-25(16-18)15-17-7-3-4-11-21(17)23/h2-5,7,9-11,14,18H,1,6,8,12-13,15-16H2,(H,24,26). The summed E-state index contributed by atoms with van der Waals surface area (Å²) in [5, 5.41) is 2.98. The zero-order chi connectivity index (χ0) is 19.1. The summed E-state index contributed by atoms with van der Waals surface area (Å²) in [6.45, 7) is 6.09. The highest BCUT2D eigenvalue weighted by Crippen LogP contribution is 2.23. The van der Waals surface area contributed by atoms with E-state index in [0.29, 0.717) is 36.7 Å². The first kappa shape index (κ1) is 19.1. The largest absolute Gasteiger partial charge is 0.489 e. The van der Waals surface area contributed by atoms with Crippen LogP contribution in [0.2, 0.25) is 0 Å². The van der Waals surface area contributed by atoms with Gasteiger partial charge in [0.25, 0.3) is 0 Å². The van der Waals surface area contributed by atoms with Crippen LogP contribution in [-0.4, -0.2) is 30.5 Å². The van der Waals surface area contributed by atoms with Crippen molar-refractivity contribution in [2.75, 3.05) is 25.0 Å². The van der Waals surface area contributed by atoms with Crippen molar-refractivity contribution in [3.8, 4) is 5.75 Å². The summed E-state index contributed by atoms with van der Waals surface area (Å²) in [6, 6.07) is 14.2. The third-order valence-electron chi connectivity index (χ3n) is 4.70. The smallest absolute Gasteiger partial charge is 0.228 e. The minimum Gasteiger partial charge on any atom is -0.489 e. The third-order valence-corrected chi connectivity index (χ3v) is 4.70. The maximum absolute atomic E-state index is 13.9. The van der Waals surface area contributed by atoms with Gasteiger partial charge < -0.3 is 10.1 Å². The van der Waals surface area contributed by atoms with Gasteiger partial charge in [0.1, 0.15) is 18.2 Å². The highest BCUT2D eigenvalue weighted by atomic mass is 19.1. The van der Waals surface area contributed by atoms with E-state index in [4.69, 9.17) is 4.74 Å². The van der Waals surface area contributed by atoms with Crippen LogP contribution < -0.4 is 10.1 Å². The van der Waals surface area contributed by atoms with E-state index in [0.717, 1.165) is 19.4 Å². The van der Waals surface area contributed by atoms with Crippen molar-refractivity contribution in [1.29, 1.82) is 0 Å². The second-order valence-electron chi connectivity index (χ2n) is 6.78. The fourth-order valence-corrected chi connectivity index (χ4v) is 3.34. The average Bonchev–Trinajstić information content (AvgIpc) is 2.69. The first-order valence-corrected chi connectivity index (χ1v) is 9.26. The number of halogens is 1. The fraction of sp³-hybridized carbons (Fsp3) is 0.318. The average molecular weight is 368 g/mol. The Morgan fingerprint density at radius 2 is 2.15 bits per heavy atom. The number of rotatable bonds is 7. The maximum Gasteiger partial charge on any atom is 0.228 e. The van der Waals surface area contributed by atoms with Crippen LogP contribution in [0.25, 0.3) is 0 Å². The minimum atomic E-state index is -0.194. The van der Waals surface area contributed by atoms with E-state index >= 15 is 0 Å². The molecule has 0 bridgehead atoms. The lowest BCUT2D eigenvalue weighted by atomic mass is 9.96. The highest BCUT2D eigenvalue weighted by Gasteiger charge is 2.26. The van der Waals surface area contributed by atoms with E-state index in [1.165, 1.54) is 6.07 Å². The van der Waals surface area contributed by atoms with Gasteiger partial charge in [-0.3, -0.25) is 9.69 Å². The van der Waals surface area contributed by atoms with Crippen LogP contribution in [0, 0.1) is 11.7 Å². The summed E-state index contributed by atoms with van der Waals surface area (Å²) in [7, 11) is 0. The zero-order valence-electron chi connectivity index (χ0n) is 15.4. The van der Waals surface area contributed by atoms with Gasteiger partial charge in [-0.15, -0.1) is 0 Å². The normalized spacial score (nSPS) is 17.3. The Bertz CT molecular complexity index is 793. The predicted octanol–water partition coefficient (Wildman–Crippen LogP) is 4.24. The molecule has 0 aliphatic carbocycles. The minimum absolute atomic E-state index is 0.00546. The third kappa shape index (κ3) is 5.41. The van der Waals surface area contributed by atoms with Gasteiger partial charge in [0.05, 0.1) is 5.92 Å². The Hall–Kier alpha value is -2.66. The molecule has 27 heavy (non-hydrogen) atoms. The van der Waals surface area contributed by atoms with Gasteiger partial charge in [0.2, 0.25) is 5.91 Å². The van der Waals surface area contributed by atoms with Crippen LogP contribution in [0.4, 0.5) is 10.1 Å². The number of anilines is 1. The number of likely N-dealkylation sites (tertiary alicyclic amines) is 1. The Morgan fingerprint density at radius 3 is 2.96 bits per heavy atom. The molecule has 5 heteroatoms. The van der Waals surface area contributed by atoms with Crippen molar-refractivity contribution in [1.82, 2.24) is 4.90 Å². The molecule has 0 spiro atoms. The van der Waals surface area contributed by atoms with E-state index in [1.807, 2.05) is 24.3 Å². The molecule has 1 aliphatic rings. The molecule has 2 aromatic rings. The number of carbonyl (C=O) groups excluding carboxylic acids is 1. The van der Waals surface area contributed by atoms with E-state index < -0.39 is 0 Å². The molecule has 0 radical (unpaired) electrons. The van der Waals surface area contributed by atoms with E-state index in [2.05, 4.69) is 16.8 Å². The summed E-state index contributed by atoms with van der Waals surface area (Å²) in [5.41, 5.74) is 1.39. The van der Waals surface area contributed by atoms with Crippen molar-refractivity contribution in [3.05, 3.63) is 72.6 Å². The first-order valence-electron chi connectivity index (χ1n) is 9.26. The van der Waals surface area contributed by atoms with Crippen LogP contribution in [-0.2, 0) is 11.3 Å². The Balaban J connectivity index is 1.58. The van der Waals surface area contributed by atoms with Crippen molar-refractivity contribution in [3.63, 3.8) is 0 Å². The number of carbonyl (C=O) groups is 1. The van der Waals surface area contributed by atoms with Crippen LogP contribution in [0.5, 0.6) is 5.75 Å².